The molecule has 0 aromatic heterocycles. The van der Waals surface area contributed by atoms with Gasteiger partial charge in [-0.05, 0) is 19.9 Å². The summed E-state index contributed by atoms with van der Waals surface area (Å²) in [6.07, 6.45) is 1.20. The number of carbonyl (C=O) groups excluding carboxylic acids is 2. The Balaban J connectivity index is 3.33. The van der Waals surface area contributed by atoms with Crippen LogP contribution < -0.4 is 4.74 Å². The number of benzene rings is 1. The third kappa shape index (κ3) is 3.63. The van der Waals surface area contributed by atoms with E-state index in [1.807, 2.05) is 0 Å². The summed E-state index contributed by atoms with van der Waals surface area (Å²) < 4.78 is 62.9. The van der Waals surface area contributed by atoms with E-state index in [9.17, 15) is 27.2 Å². The summed E-state index contributed by atoms with van der Waals surface area (Å²) in [5, 5.41) is 0. The molecule has 0 saturated carbocycles. The van der Waals surface area contributed by atoms with E-state index >= 15 is 0 Å². The molecule has 0 spiro atoms. The molecular weight excluding hydrogens is 308 g/mol. The molecule has 0 aliphatic rings. The van der Waals surface area contributed by atoms with E-state index in [1.165, 1.54) is 13.8 Å². The first-order chi connectivity index (χ1) is 10.3. The molecule has 0 saturated heterocycles. The van der Waals surface area contributed by atoms with Gasteiger partial charge in [-0.25, -0.2) is 18.0 Å². The SMILES string of the molecule is CCOC(=O)/C=C/C(=O)c1c(F)c(F)c(F)c(F)c1OCC. The number of rotatable bonds is 6. The maximum absolute atomic E-state index is 13.7. The van der Waals surface area contributed by atoms with E-state index in [0.717, 1.165) is 0 Å². The van der Waals surface area contributed by atoms with Crippen molar-refractivity contribution in [1.29, 1.82) is 0 Å². The average molecular weight is 320 g/mol. The zero-order chi connectivity index (χ0) is 16.9. The van der Waals surface area contributed by atoms with E-state index in [0.29, 0.717) is 12.2 Å². The minimum Gasteiger partial charge on any atom is -0.490 e. The maximum atomic E-state index is 13.7. The third-order valence-corrected chi connectivity index (χ3v) is 2.42. The third-order valence-electron chi connectivity index (χ3n) is 2.42. The smallest absolute Gasteiger partial charge is 0.330 e. The average Bonchev–Trinajstić information content (AvgIpc) is 2.49. The Bertz CT molecular complexity index is 626. The van der Waals surface area contributed by atoms with Crippen LogP contribution in [0.4, 0.5) is 17.6 Å². The molecule has 1 aromatic carbocycles. The zero-order valence-corrected chi connectivity index (χ0v) is 11.7. The second-order valence-corrected chi connectivity index (χ2v) is 3.84. The molecule has 0 unspecified atom stereocenters. The molecule has 4 nitrogen and oxygen atoms in total. The summed E-state index contributed by atoms with van der Waals surface area (Å²) in [5.74, 6) is -11.2. The fourth-order valence-electron chi connectivity index (χ4n) is 1.53. The van der Waals surface area contributed by atoms with Crippen molar-refractivity contribution in [3.8, 4) is 5.75 Å². The van der Waals surface area contributed by atoms with E-state index in [1.54, 1.807) is 0 Å². The molecule has 0 atom stereocenters. The van der Waals surface area contributed by atoms with E-state index < -0.39 is 46.3 Å². The van der Waals surface area contributed by atoms with Crippen LogP contribution in [0.2, 0.25) is 0 Å². The molecule has 1 aromatic rings. The van der Waals surface area contributed by atoms with Crippen molar-refractivity contribution in [2.24, 2.45) is 0 Å². The van der Waals surface area contributed by atoms with Crippen LogP contribution in [-0.2, 0) is 9.53 Å². The van der Waals surface area contributed by atoms with Gasteiger partial charge in [-0.15, -0.1) is 0 Å². The monoisotopic (exact) mass is 320 g/mol. The second kappa shape index (κ2) is 7.58. The highest BCUT2D eigenvalue weighted by Gasteiger charge is 2.29. The van der Waals surface area contributed by atoms with Gasteiger partial charge in [0.25, 0.3) is 0 Å². The number of ether oxygens (including phenoxy) is 2. The Morgan fingerprint density at radius 2 is 1.50 bits per heavy atom. The Morgan fingerprint density at radius 3 is 2.05 bits per heavy atom. The van der Waals surface area contributed by atoms with Crippen molar-refractivity contribution in [3.63, 3.8) is 0 Å². The molecule has 1 rings (SSSR count). The van der Waals surface area contributed by atoms with Crippen LogP contribution in [0.1, 0.15) is 24.2 Å². The fraction of sp³-hybridized carbons (Fsp3) is 0.286. The highest BCUT2D eigenvalue weighted by Crippen LogP contribution is 2.31. The van der Waals surface area contributed by atoms with Crippen molar-refractivity contribution in [1.82, 2.24) is 0 Å². The van der Waals surface area contributed by atoms with Gasteiger partial charge in [0.15, 0.2) is 23.2 Å². The van der Waals surface area contributed by atoms with Crippen molar-refractivity contribution in [3.05, 3.63) is 41.0 Å². The fourth-order valence-corrected chi connectivity index (χ4v) is 1.53. The van der Waals surface area contributed by atoms with Crippen molar-refractivity contribution < 1.29 is 36.6 Å². The van der Waals surface area contributed by atoms with Gasteiger partial charge in [0.1, 0.15) is 5.56 Å². The lowest BCUT2D eigenvalue weighted by Crippen LogP contribution is -2.12. The molecule has 0 bridgehead atoms. The Hall–Kier alpha value is -2.38. The normalized spacial score (nSPS) is 10.8. The molecule has 0 N–H and O–H groups in total. The van der Waals surface area contributed by atoms with Gasteiger partial charge in [0.05, 0.1) is 13.2 Å². The summed E-state index contributed by atoms with van der Waals surface area (Å²) >= 11 is 0. The predicted octanol–water partition coefficient (Wildman–Crippen LogP) is 2.94. The number of carbonyl (C=O) groups is 2. The Kier molecular flexibility index (Phi) is 6.09. The summed E-state index contributed by atoms with van der Waals surface area (Å²) in [5.41, 5.74) is -1.14. The molecule has 120 valence electrons. The quantitative estimate of drug-likeness (QED) is 0.202. The minimum atomic E-state index is -2.14. The van der Waals surface area contributed by atoms with Gasteiger partial charge in [-0.2, -0.15) is 4.39 Å². The molecule has 0 amide bonds. The number of esters is 1. The lowest BCUT2D eigenvalue weighted by atomic mass is 10.1. The number of hydrogen-bond acceptors (Lipinski definition) is 4. The lowest BCUT2D eigenvalue weighted by Gasteiger charge is -2.11. The molecule has 0 aliphatic heterocycles. The molecule has 0 heterocycles. The summed E-state index contributed by atoms with van der Waals surface area (Å²) in [6.45, 7) is 2.71. The molecule has 8 heteroatoms. The van der Waals surface area contributed by atoms with Crippen LogP contribution in [0.15, 0.2) is 12.2 Å². The first kappa shape index (κ1) is 17.7. The molecule has 0 radical (unpaired) electrons. The van der Waals surface area contributed by atoms with Crippen LogP contribution >= 0.6 is 0 Å². The van der Waals surface area contributed by atoms with Crippen molar-refractivity contribution in [2.45, 2.75) is 13.8 Å². The highest BCUT2D eigenvalue weighted by molar-refractivity contribution is 6.09. The molecule has 22 heavy (non-hydrogen) atoms. The van der Waals surface area contributed by atoms with E-state index in [-0.39, 0.29) is 13.2 Å². The van der Waals surface area contributed by atoms with Gasteiger partial charge < -0.3 is 9.47 Å². The summed E-state index contributed by atoms with van der Waals surface area (Å²) in [6, 6.07) is 0. The van der Waals surface area contributed by atoms with Crippen LogP contribution in [0, 0.1) is 23.3 Å². The van der Waals surface area contributed by atoms with Crippen LogP contribution in [0.3, 0.4) is 0 Å². The van der Waals surface area contributed by atoms with Crippen LogP contribution in [0.5, 0.6) is 5.75 Å². The number of allylic oxidation sites excluding steroid dienone is 1. The standard InChI is InChI=1S/C14H12F4O4/c1-3-21-8(20)6-5-7(19)9-10(15)11(16)12(17)13(18)14(9)22-4-2/h5-6H,3-4H2,1-2H3/b6-5+. The summed E-state index contributed by atoms with van der Waals surface area (Å²) in [7, 11) is 0. The first-order valence-electron chi connectivity index (χ1n) is 6.22. The van der Waals surface area contributed by atoms with Crippen LogP contribution in [-0.4, -0.2) is 25.0 Å². The van der Waals surface area contributed by atoms with Gasteiger partial charge in [-0.1, -0.05) is 0 Å². The highest BCUT2D eigenvalue weighted by atomic mass is 19.2. The van der Waals surface area contributed by atoms with Gasteiger partial charge >= 0.3 is 5.97 Å². The first-order valence-corrected chi connectivity index (χ1v) is 6.22. The Labute approximate surface area is 123 Å². The Morgan fingerprint density at radius 1 is 0.909 bits per heavy atom. The number of ketones is 1. The minimum absolute atomic E-state index is 0.0374. The van der Waals surface area contributed by atoms with E-state index in [2.05, 4.69) is 9.47 Å². The topological polar surface area (TPSA) is 52.6 Å². The molecular formula is C14H12F4O4. The number of halogens is 4. The summed E-state index contributed by atoms with van der Waals surface area (Å²) in [4.78, 5) is 22.9. The van der Waals surface area contributed by atoms with Crippen molar-refractivity contribution >= 4 is 11.8 Å². The largest absolute Gasteiger partial charge is 0.490 e. The number of hydrogen-bond donors (Lipinski definition) is 0. The van der Waals surface area contributed by atoms with Gasteiger partial charge in [0.2, 0.25) is 11.6 Å². The predicted molar refractivity (Wildman–Crippen MR) is 67.5 cm³/mol. The zero-order valence-electron chi connectivity index (χ0n) is 11.7. The maximum Gasteiger partial charge on any atom is 0.330 e. The van der Waals surface area contributed by atoms with Gasteiger partial charge in [-0.3, -0.25) is 4.79 Å². The van der Waals surface area contributed by atoms with Crippen molar-refractivity contribution in [2.75, 3.05) is 13.2 Å². The molecule has 0 fully saturated rings. The second-order valence-electron chi connectivity index (χ2n) is 3.84. The van der Waals surface area contributed by atoms with E-state index in [4.69, 9.17) is 0 Å². The van der Waals surface area contributed by atoms with Gasteiger partial charge in [0, 0.05) is 6.08 Å². The van der Waals surface area contributed by atoms with Crippen LogP contribution in [0.25, 0.3) is 0 Å². The lowest BCUT2D eigenvalue weighted by molar-refractivity contribution is -0.137. The molecule has 0 aliphatic carbocycles.